The molecule has 0 fully saturated rings. The van der Waals surface area contributed by atoms with Crippen molar-refractivity contribution in [2.45, 2.75) is 4.43 Å². The van der Waals surface area contributed by atoms with E-state index in [0.717, 1.165) is 0 Å². The molecule has 1 aromatic heterocycles. The number of rotatable bonds is 4. The Hall–Kier alpha value is -1.61. The molecule has 1 heterocycles. The second kappa shape index (κ2) is 6.66. The number of aromatic carboxylic acids is 1. The fourth-order valence-electron chi connectivity index (χ4n) is 1.96. The lowest BCUT2D eigenvalue weighted by Gasteiger charge is -2.12. The van der Waals surface area contributed by atoms with Crippen molar-refractivity contribution in [2.75, 3.05) is 12.8 Å². The second-order valence-electron chi connectivity index (χ2n) is 4.30. The molecular weight excluding hydrogens is 426 g/mol. The lowest BCUT2D eigenvalue weighted by molar-refractivity contribution is 0.0690. The fourth-order valence-corrected chi connectivity index (χ4v) is 2.99. The summed E-state index contributed by atoms with van der Waals surface area (Å²) in [6, 6.07) is 4.28. The molecule has 0 saturated heterocycles. The Bertz CT molecular complexity index is 755. The van der Waals surface area contributed by atoms with Gasteiger partial charge in [-0.3, -0.25) is 0 Å². The van der Waals surface area contributed by atoms with Gasteiger partial charge in [0.25, 0.3) is 0 Å². The summed E-state index contributed by atoms with van der Waals surface area (Å²) in [6.07, 6.45) is 0. The third-order valence-corrected chi connectivity index (χ3v) is 4.08. The first-order valence-corrected chi connectivity index (χ1v) is 7.92. The maximum absolute atomic E-state index is 14.4. The number of alkyl halides is 1. The van der Waals surface area contributed by atoms with E-state index >= 15 is 0 Å². The van der Waals surface area contributed by atoms with Gasteiger partial charge in [-0.15, -0.1) is 0 Å². The highest BCUT2D eigenvalue weighted by molar-refractivity contribution is 14.1. The van der Waals surface area contributed by atoms with Crippen molar-refractivity contribution in [3.8, 4) is 17.0 Å². The van der Waals surface area contributed by atoms with E-state index in [1.807, 2.05) is 22.6 Å². The van der Waals surface area contributed by atoms with Gasteiger partial charge in [-0.05, 0) is 18.2 Å². The van der Waals surface area contributed by atoms with Crippen molar-refractivity contribution >= 4 is 45.8 Å². The summed E-state index contributed by atoms with van der Waals surface area (Å²) in [7, 11) is 1.29. The van der Waals surface area contributed by atoms with Gasteiger partial charge >= 0.3 is 5.97 Å². The third kappa shape index (κ3) is 2.95. The van der Waals surface area contributed by atoms with Crippen LogP contribution in [-0.2, 0) is 4.43 Å². The van der Waals surface area contributed by atoms with E-state index < -0.39 is 11.8 Å². The van der Waals surface area contributed by atoms with Crippen LogP contribution in [-0.4, -0.2) is 23.2 Å². The van der Waals surface area contributed by atoms with Crippen LogP contribution in [0.4, 0.5) is 10.1 Å². The van der Waals surface area contributed by atoms with Gasteiger partial charge in [0.1, 0.15) is 0 Å². The van der Waals surface area contributed by atoms with Crippen LogP contribution in [0.3, 0.4) is 0 Å². The van der Waals surface area contributed by atoms with Gasteiger partial charge in [0.15, 0.2) is 17.3 Å². The molecule has 0 unspecified atom stereocenters. The molecule has 0 aliphatic carbocycles. The van der Waals surface area contributed by atoms with Crippen molar-refractivity contribution in [1.29, 1.82) is 0 Å². The molecule has 0 aliphatic rings. The number of hydrogen-bond donors (Lipinski definition) is 2. The van der Waals surface area contributed by atoms with Gasteiger partial charge in [-0.25, -0.2) is 14.2 Å². The normalized spacial score (nSPS) is 10.5. The number of methoxy groups -OCH3 is 1. The topological polar surface area (TPSA) is 85.4 Å². The SMILES string of the molecule is COc1c(Cl)ccc(-c2cc(N)c(CI)c(C(=O)O)n2)c1F. The first kappa shape index (κ1) is 16.8. The Labute approximate surface area is 144 Å². The summed E-state index contributed by atoms with van der Waals surface area (Å²) >= 11 is 7.84. The van der Waals surface area contributed by atoms with Crippen molar-refractivity contribution in [2.24, 2.45) is 0 Å². The quantitative estimate of drug-likeness (QED) is 0.563. The molecule has 0 spiro atoms. The van der Waals surface area contributed by atoms with Crippen LogP contribution in [0.25, 0.3) is 11.3 Å². The van der Waals surface area contributed by atoms with Crippen LogP contribution >= 0.6 is 34.2 Å². The van der Waals surface area contributed by atoms with E-state index in [1.165, 1.54) is 25.3 Å². The predicted molar refractivity (Wildman–Crippen MR) is 90.3 cm³/mol. The van der Waals surface area contributed by atoms with Crippen LogP contribution < -0.4 is 10.5 Å². The first-order valence-electron chi connectivity index (χ1n) is 6.01. The lowest BCUT2D eigenvalue weighted by atomic mass is 10.1. The minimum absolute atomic E-state index is 0.0652. The molecule has 0 aliphatic heterocycles. The average molecular weight is 437 g/mol. The zero-order chi connectivity index (χ0) is 16.4. The highest BCUT2D eigenvalue weighted by atomic mass is 127. The van der Waals surface area contributed by atoms with Gasteiger partial charge in [-0.2, -0.15) is 0 Å². The zero-order valence-corrected chi connectivity index (χ0v) is 14.3. The summed E-state index contributed by atoms with van der Waals surface area (Å²) in [5.41, 5.74) is 6.49. The summed E-state index contributed by atoms with van der Waals surface area (Å²) in [5, 5.41) is 9.36. The van der Waals surface area contributed by atoms with E-state index in [1.54, 1.807) is 0 Å². The number of halogens is 3. The molecule has 0 atom stereocenters. The van der Waals surface area contributed by atoms with Gasteiger partial charge in [0.05, 0.1) is 17.8 Å². The Morgan fingerprint density at radius 1 is 1.55 bits per heavy atom. The molecule has 3 N–H and O–H groups in total. The van der Waals surface area contributed by atoms with Crippen molar-refractivity contribution in [3.05, 3.63) is 40.3 Å². The summed E-state index contributed by atoms with van der Waals surface area (Å²) in [5.74, 6) is -2.07. The zero-order valence-electron chi connectivity index (χ0n) is 11.4. The maximum Gasteiger partial charge on any atom is 0.354 e. The van der Waals surface area contributed by atoms with E-state index in [2.05, 4.69) is 4.98 Å². The van der Waals surface area contributed by atoms with Crippen molar-refractivity contribution < 1.29 is 19.0 Å². The largest absolute Gasteiger partial charge is 0.492 e. The molecule has 1 aromatic carbocycles. The van der Waals surface area contributed by atoms with Crippen LogP contribution in [0.5, 0.6) is 5.75 Å². The summed E-state index contributed by atoms with van der Waals surface area (Å²) < 4.78 is 19.7. The van der Waals surface area contributed by atoms with E-state index in [0.29, 0.717) is 9.99 Å². The number of carbonyl (C=O) groups is 1. The lowest BCUT2D eigenvalue weighted by Crippen LogP contribution is -2.09. The number of hydrogen-bond acceptors (Lipinski definition) is 4. The number of benzene rings is 1. The molecule has 0 bridgehead atoms. The molecule has 116 valence electrons. The van der Waals surface area contributed by atoms with Gasteiger partial charge in [0.2, 0.25) is 0 Å². The number of nitrogens with zero attached hydrogens (tertiary/aromatic N) is 1. The highest BCUT2D eigenvalue weighted by Crippen LogP contribution is 2.35. The summed E-state index contributed by atoms with van der Waals surface area (Å²) in [6.45, 7) is 0. The Morgan fingerprint density at radius 3 is 2.77 bits per heavy atom. The van der Waals surface area contributed by atoms with E-state index in [4.69, 9.17) is 22.1 Å². The number of carboxylic acids is 1. The number of carboxylic acid groups (broad SMARTS) is 1. The molecule has 0 amide bonds. The Balaban J connectivity index is 2.71. The van der Waals surface area contributed by atoms with Gasteiger partial charge in [-0.1, -0.05) is 34.2 Å². The molecular formula is C14H11ClFIN2O3. The second-order valence-corrected chi connectivity index (χ2v) is 5.47. The smallest absolute Gasteiger partial charge is 0.354 e. The number of nitrogens with two attached hydrogens (primary N) is 1. The first-order chi connectivity index (χ1) is 10.4. The molecule has 2 aromatic rings. The van der Waals surface area contributed by atoms with E-state index in [-0.39, 0.29) is 33.4 Å². The number of pyridine rings is 1. The van der Waals surface area contributed by atoms with Crippen LogP contribution in [0.2, 0.25) is 5.02 Å². The van der Waals surface area contributed by atoms with Crippen LogP contribution in [0.1, 0.15) is 16.1 Å². The summed E-state index contributed by atoms with van der Waals surface area (Å²) in [4.78, 5) is 15.3. The standard InChI is InChI=1S/C14H11ClFIN2O3/c1-22-13-8(15)3-2-6(11(13)16)10-4-9(18)7(5-17)12(19-10)14(20)21/h2-4H,5H2,1H3,(H2,18,19)(H,20,21). The fraction of sp³-hybridized carbons (Fsp3) is 0.143. The minimum atomic E-state index is -1.22. The minimum Gasteiger partial charge on any atom is -0.492 e. The molecule has 2 rings (SSSR count). The molecule has 22 heavy (non-hydrogen) atoms. The third-order valence-electron chi connectivity index (χ3n) is 3.02. The number of anilines is 1. The molecule has 8 heteroatoms. The van der Waals surface area contributed by atoms with Crippen molar-refractivity contribution in [3.63, 3.8) is 0 Å². The van der Waals surface area contributed by atoms with Crippen LogP contribution in [0, 0.1) is 5.82 Å². The molecule has 0 saturated carbocycles. The Kier molecular flexibility index (Phi) is 5.07. The number of ether oxygens (including phenoxy) is 1. The molecule has 0 radical (unpaired) electrons. The number of nitrogen functional groups attached to an aromatic ring is 1. The monoisotopic (exact) mass is 436 g/mol. The Morgan fingerprint density at radius 2 is 2.23 bits per heavy atom. The maximum atomic E-state index is 14.4. The average Bonchev–Trinajstić information content (AvgIpc) is 2.46. The van der Waals surface area contributed by atoms with Gasteiger partial charge in [0, 0.05) is 21.2 Å². The molecule has 5 nitrogen and oxygen atoms in total. The van der Waals surface area contributed by atoms with E-state index in [9.17, 15) is 14.3 Å². The van der Waals surface area contributed by atoms with Crippen molar-refractivity contribution in [1.82, 2.24) is 4.98 Å². The van der Waals surface area contributed by atoms with Gasteiger partial charge < -0.3 is 15.6 Å². The number of aromatic nitrogens is 1. The predicted octanol–water partition coefficient (Wildman–Crippen LogP) is 3.77. The van der Waals surface area contributed by atoms with Crippen LogP contribution in [0.15, 0.2) is 18.2 Å². The highest BCUT2D eigenvalue weighted by Gasteiger charge is 2.20.